The largest absolute Gasteiger partial charge is 0.310 e. The number of hydrogen-bond donors (Lipinski definition) is 0. The summed E-state index contributed by atoms with van der Waals surface area (Å²) in [5, 5.41) is 8.87. The zero-order valence-corrected chi connectivity index (χ0v) is 14.4. The van der Waals surface area contributed by atoms with Crippen molar-refractivity contribution in [3.63, 3.8) is 0 Å². The van der Waals surface area contributed by atoms with Crippen LogP contribution in [0.25, 0.3) is 0 Å². The third-order valence-corrected chi connectivity index (χ3v) is 4.61. The molecule has 1 unspecified atom stereocenters. The van der Waals surface area contributed by atoms with Gasteiger partial charge in [-0.15, -0.1) is 0 Å². The van der Waals surface area contributed by atoms with Crippen LogP contribution in [0.2, 0.25) is 0 Å². The molecular weight excluding hydrogens is 307 g/mol. The highest BCUT2D eigenvalue weighted by atomic mass is 19.1. The number of nitriles is 1. The first kappa shape index (κ1) is 18.4. The predicted molar refractivity (Wildman–Crippen MR) is 92.1 cm³/mol. The fourth-order valence-electron chi connectivity index (χ4n) is 3.00. The molecule has 0 saturated carbocycles. The number of likely N-dealkylation sites (N-methyl/N-ethyl adjacent to an activating group) is 1. The Hall–Kier alpha value is -1.97. The van der Waals surface area contributed by atoms with Gasteiger partial charge in [0.2, 0.25) is 5.91 Å². The normalized spacial score (nSPS) is 17.2. The zero-order chi connectivity index (χ0) is 17.5. The number of halogens is 1. The van der Waals surface area contributed by atoms with E-state index in [0.717, 1.165) is 32.7 Å². The van der Waals surface area contributed by atoms with Crippen LogP contribution in [-0.4, -0.2) is 61.0 Å². The first-order valence-electron chi connectivity index (χ1n) is 8.47. The number of hydrogen-bond acceptors (Lipinski definition) is 4. The van der Waals surface area contributed by atoms with Gasteiger partial charge in [-0.3, -0.25) is 9.69 Å². The number of carbonyl (C=O) groups excluding carboxylic acids is 1. The van der Waals surface area contributed by atoms with Gasteiger partial charge in [-0.25, -0.2) is 4.39 Å². The van der Waals surface area contributed by atoms with E-state index in [0.29, 0.717) is 12.2 Å². The van der Waals surface area contributed by atoms with Gasteiger partial charge in [-0.05, 0) is 37.7 Å². The van der Waals surface area contributed by atoms with E-state index >= 15 is 0 Å². The van der Waals surface area contributed by atoms with Crippen LogP contribution in [0.3, 0.4) is 0 Å². The fourth-order valence-corrected chi connectivity index (χ4v) is 3.00. The minimum absolute atomic E-state index is 0.0400. The number of nitrogens with zero attached hydrogens (tertiary/aromatic N) is 4. The molecule has 0 spiro atoms. The lowest BCUT2D eigenvalue weighted by Crippen LogP contribution is -2.54. The average molecular weight is 332 g/mol. The third-order valence-electron chi connectivity index (χ3n) is 4.61. The molecule has 1 aliphatic rings. The molecule has 1 saturated heterocycles. The highest BCUT2D eigenvalue weighted by Gasteiger charge is 2.29. The molecule has 5 nitrogen and oxygen atoms in total. The Balaban J connectivity index is 2.09. The van der Waals surface area contributed by atoms with Crippen LogP contribution in [0, 0.1) is 17.1 Å². The quantitative estimate of drug-likeness (QED) is 0.800. The molecule has 1 heterocycles. The second kappa shape index (κ2) is 8.76. The minimum atomic E-state index is -0.338. The van der Waals surface area contributed by atoms with Crippen molar-refractivity contribution < 1.29 is 9.18 Å². The van der Waals surface area contributed by atoms with E-state index in [2.05, 4.69) is 22.8 Å². The smallest absolute Gasteiger partial charge is 0.244 e. The minimum Gasteiger partial charge on any atom is -0.310 e. The summed E-state index contributed by atoms with van der Waals surface area (Å²) in [6.07, 6.45) is 0.249. The van der Waals surface area contributed by atoms with Gasteiger partial charge in [-0.2, -0.15) is 5.26 Å². The summed E-state index contributed by atoms with van der Waals surface area (Å²) in [6, 6.07) is 7.68. The highest BCUT2D eigenvalue weighted by Crippen LogP contribution is 2.18. The van der Waals surface area contributed by atoms with Crippen molar-refractivity contribution in [3.05, 3.63) is 30.1 Å². The molecule has 0 radical (unpaired) electrons. The first-order valence-corrected chi connectivity index (χ1v) is 8.47. The summed E-state index contributed by atoms with van der Waals surface area (Å²) in [4.78, 5) is 19.1. The maximum absolute atomic E-state index is 13.2. The van der Waals surface area contributed by atoms with E-state index in [-0.39, 0.29) is 24.2 Å². The van der Waals surface area contributed by atoms with Crippen LogP contribution < -0.4 is 4.90 Å². The number of amides is 1. The first-order chi connectivity index (χ1) is 11.6. The standard InChI is InChI=1S/C18H25FN4O/c1-3-21-11-13-22(14-12-21)15(2)18(24)23(10-4-9-20)17-7-5-16(19)6-8-17/h5-8,15H,3-4,10-14H2,1-2H3. The lowest BCUT2D eigenvalue weighted by atomic mass is 10.1. The van der Waals surface area contributed by atoms with Gasteiger partial charge in [0, 0.05) is 38.4 Å². The maximum Gasteiger partial charge on any atom is 0.244 e. The number of benzene rings is 1. The molecule has 2 rings (SSSR count). The molecule has 130 valence electrons. The molecular formula is C18H25FN4O. The van der Waals surface area contributed by atoms with Crippen LogP contribution in [0.1, 0.15) is 20.3 Å². The number of carbonyl (C=O) groups is 1. The van der Waals surface area contributed by atoms with E-state index < -0.39 is 0 Å². The monoisotopic (exact) mass is 332 g/mol. The highest BCUT2D eigenvalue weighted by molar-refractivity contribution is 5.97. The Kier molecular flexibility index (Phi) is 6.71. The van der Waals surface area contributed by atoms with E-state index in [9.17, 15) is 9.18 Å². The third kappa shape index (κ3) is 4.53. The Labute approximate surface area is 143 Å². The molecule has 1 aromatic rings. The summed E-state index contributed by atoms with van der Waals surface area (Å²) in [6.45, 7) is 9.04. The number of rotatable bonds is 6. The summed E-state index contributed by atoms with van der Waals surface area (Å²) in [5.41, 5.74) is 0.635. The van der Waals surface area contributed by atoms with Crippen molar-refractivity contribution in [2.75, 3.05) is 44.2 Å². The predicted octanol–water partition coefficient (Wildman–Crippen LogP) is 2.10. The van der Waals surface area contributed by atoms with Gasteiger partial charge in [-0.1, -0.05) is 6.92 Å². The van der Waals surface area contributed by atoms with Crippen molar-refractivity contribution in [2.45, 2.75) is 26.3 Å². The Morgan fingerprint density at radius 1 is 1.29 bits per heavy atom. The SMILES string of the molecule is CCN1CCN(C(C)C(=O)N(CCC#N)c2ccc(F)cc2)CC1. The van der Waals surface area contributed by atoms with E-state index in [1.54, 1.807) is 17.0 Å². The van der Waals surface area contributed by atoms with E-state index in [1.807, 2.05) is 6.92 Å². The molecule has 1 amide bonds. The van der Waals surface area contributed by atoms with Crippen LogP contribution in [-0.2, 0) is 4.79 Å². The summed E-state index contributed by atoms with van der Waals surface area (Å²) in [5.74, 6) is -0.378. The van der Waals surface area contributed by atoms with Crippen LogP contribution in [0.15, 0.2) is 24.3 Å². The Morgan fingerprint density at radius 2 is 1.92 bits per heavy atom. The molecule has 0 aliphatic carbocycles. The summed E-state index contributed by atoms with van der Waals surface area (Å²) in [7, 11) is 0. The average Bonchev–Trinajstić information content (AvgIpc) is 2.62. The second-order valence-electron chi connectivity index (χ2n) is 6.02. The Morgan fingerprint density at radius 3 is 2.46 bits per heavy atom. The van der Waals surface area contributed by atoms with Crippen molar-refractivity contribution in [1.29, 1.82) is 5.26 Å². The van der Waals surface area contributed by atoms with Crippen molar-refractivity contribution in [1.82, 2.24) is 9.80 Å². The summed E-state index contributed by atoms with van der Waals surface area (Å²) < 4.78 is 13.2. The molecule has 24 heavy (non-hydrogen) atoms. The van der Waals surface area contributed by atoms with Gasteiger partial charge < -0.3 is 9.80 Å². The van der Waals surface area contributed by atoms with E-state index in [4.69, 9.17) is 5.26 Å². The van der Waals surface area contributed by atoms with Gasteiger partial charge in [0.05, 0.1) is 18.5 Å². The molecule has 6 heteroatoms. The molecule has 1 aliphatic heterocycles. The molecule has 0 aromatic heterocycles. The number of piperazine rings is 1. The van der Waals surface area contributed by atoms with Gasteiger partial charge >= 0.3 is 0 Å². The molecule has 1 aromatic carbocycles. The fraction of sp³-hybridized carbons (Fsp3) is 0.556. The lowest BCUT2D eigenvalue weighted by Gasteiger charge is -2.38. The van der Waals surface area contributed by atoms with Gasteiger partial charge in [0.15, 0.2) is 0 Å². The lowest BCUT2D eigenvalue weighted by molar-refractivity contribution is -0.123. The maximum atomic E-state index is 13.2. The molecule has 0 N–H and O–H groups in total. The zero-order valence-electron chi connectivity index (χ0n) is 14.4. The van der Waals surface area contributed by atoms with Crippen molar-refractivity contribution >= 4 is 11.6 Å². The topological polar surface area (TPSA) is 50.6 Å². The van der Waals surface area contributed by atoms with Gasteiger partial charge in [0.25, 0.3) is 0 Å². The molecule has 0 bridgehead atoms. The van der Waals surface area contributed by atoms with Crippen LogP contribution in [0.4, 0.5) is 10.1 Å². The van der Waals surface area contributed by atoms with Crippen LogP contribution >= 0.6 is 0 Å². The van der Waals surface area contributed by atoms with Crippen LogP contribution in [0.5, 0.6) is 0 Å². The van der Waals surface area contributed by atoms with Crippen molar-refractivity contribution in [2.24, 2.45) is 0 Å². The second-order valence-corrected chi connectivity index (χ2v) is 6.02. The van der Waals surface area contributed by atoms with E-state index in [1.165, 1.54) is 12.1 Å². The van der Waals surface area contributed by atoms with Gasteiger partial charge in [0.1, 0.15) is 5.82 Å². The molecule has 1 fully saturated rings. The van der Waals surface area contributed by atoms with Crippen molar-refractivity contribution in [3.8, 4) is 6.07 Å². The summed E-state index contributed by atoms with van der Waals surface area (Å²) >= 11 is 0. The Bertz CT molecular complexity index is 576. The number of anilines is 1. The molecule has 1 atom stereocenters.